The summed E-state index contributed by atoms with van der Waals surface area (Å²) in [5, 5.41) is 0.701. The van der Waals surface area contributed by atoms with Gasteiger partial charge in [-0.2, -0.15) is 0 Å². The Bertz CT molecular complexity index is 480. The van der Waals surface area contributed by atoms with Gasteiger partial charge in [0, 0.05) is 4.88 Å². The summed E-state index contributed by atoms with van der Waals surface area (Å²) < 4.78 is 17.5. The van der Waals surface area contributed by atoms with E-state index in [1.165, 1.54) is 17.7 Å². The summed E-state index contributed by atoms with van der Waals surface area (Å²) in [5.74, 6) is 0.621. The summed E-state index contributed by atoms with van der Waals surface area (Å²) in [6, 6.07) is 0. The van der Waals surface area contributed by atoms with Gasteiger partial charge in [0.05, 0.1) is 23.9 Å². The van der Waals surface area contributed by atoms with E-state index in [9.17, 15) is 0 Å². The van der Waals surface area contributed by atoms with Crippen molar-refractivity contribution in [2.75, 3.05) is 7.11 Å². The maximum absolute atomic E-state index is 6.09. The molecule has 19 heavy (non-hydrogen) atoms. The molecule has 3 rings (SSSR count). The van der Waals surface area contributed by atoms with Crippen LogP contribution in [0, 0.1) is 0 Å². The molecule has 1 aromatic heterocycles. The minimum absolute atomic E-state index is 0.324. The SMILES string of the molecule is COc1nc(B2OC(C)(C)C(C)(C)O2)c(C2CC2)s1. The standard InChI is InChI=1S/C13H20BNO3S/c1-12(2)13(3,4)18-14(17-12)10-9(8-6-7-8)19-11(15-10)16-5/h8H,6-7H2,1-5H3. The Balaban J connectivity index is 1.93. The summed E-state index contributed by atoms with van der Waals surface area (Å²) in [5.41, 5.74) is 0.271. The van der Waals surface area contributed by atoms with E-state index in [4.69, 9.17) is 14.0 Å². The number of methoxy groups -OCH3 is 1. The van der Waals surface area contributed by atoms with Gasteiger partial charge >= 0.3 is 7.12 Å². The van der Waals surface area contributed by atoms with E-state index in [1.807, 2.05) is 0 Å². The lowest BCUT2D eigenvalue weighted by molar-refractivity contribution is 0.00578. The Morgan fingerprint density at radius 2 is 1.79 bits per heavy atom. The summed E-state index contributed by atoms with van der Waals surface area (Å²) in [7, 11) is 1.28. The lowest BCUT2D eigenvalue weighted by atomic mass is 9.83. The van der Waals surface area contributed by atoms with E-state index in [1.54, 1.807) is 18.4 Å². The second kappa shape index (κ2) is 4.20. The summed E-state index contributed by atoms with van der Waals surface area (Å²) in [4.78, 5) is 5.82. The molecular weight excluding hydrogens is 261 g/mol. The molecule has 0 radical (unpaired) electrons. The molecule has 0 aromatic carbocycles. The van der Waals surface area contributed by atoms with Crippen LogP contribution in [0.3, 0.4) is 0 Å². The van der Waals surface area contributed by atoms with Crippen LogP contribution in [0.2, 0.25) is 0 Å². The highest BCUT2D eigenvalue weighted by Gasteiger charge is 2.54. The van der Waals surface area contributed by atoms with Crippen molar-refractivity contribution in [1.82, 2.24) is 4.98 Å². The normalized spacial score (nSPS) is 24.8. The first kappa shape index (κ1) is 13.4. The Kier molecular flexibility index (Phi) is 2.96. The van der Waals surface area contributed by atoms with Gasteiger partial charge in [-0.25, -0.2) is 4.98 Å². The molecule has 1 aliphatic heterocycles. The Morgan fingerprint density at radius 3 is 2.26 bits per heavy atom. The monoisotopic (exact) mass is 281 g/mol. The van der Waals surface area contributed by atoms with Crippen molar-refractivity contribution in [2.45, 2.75) is 57.7 Å². The highest BCUT2D eigenvalue weighted by Crippen LogP contribution is 2.44. The molecule has 0 spiro atoms. The lowest BCUT2D eigenvalue weighted by Gasteiger charge is -2.32. The number of nitrogens with zero attached hydrogens (tertiary/aromatic N) is 1. The molecule has 2 aliphatic rings. The molecule has 0 amide bonds. The van der Waals surface area contributed by atoms with Crippen LogP contribution in [-0.4, -0.2) is 30.4 Å². The van der Waals surface area contributed by atoms with Gasteiger partial charge in [0.1, 0.15) is 0 Å². The van der Waals surface area contributed by atoms with Crippen LogP contribution in [0.15, 0.2) is 0 Å². The van der Waals surface area contributed by atoms with E-state index in [0.717, 1.165) is 5.59 Å². The van der Waals surface area contributed by atoms with Crippen molar-refractivity contribution >= 4 is 24.0 Å². The minimum atomic E-state index is -0.374. The second-order valence-electron chi connectivity index (χ2n) is 6.30. The molecule has 1 aliphatic carbocycles. The van der Waals surface area contributed by atoms with E-state index in [2.05, 4.69) is 32.7 Å². The van der Waals surface area contributed by atoms with Crippen LogP contribution < -0.4 is 10.3 Å². The van der Waals surface area contributed by atoms with Gasteiger partial charge < -0.3 is 14.0 Å². The maximum Gasteiger partial charge on any atom is 0.515 e. The van der Waals surface area contributed by atoms with Crippen LogP contribution in [-0.2, 0) is 9.31 Å². The molecule has 0 bridgehead atoms. The van der Waals surface area contributed by atoms with Gasteiger partial charge in [-0.05, 0) is 46.5 Å². The lowest BCUT2D eigenvalue weighted by Crippen LogP contribution is -2.41. The van der Waals surface area contributed by atoms with E-state index in [-0.39, 0.29) is 18.3 Å². The van der Waals surface area contributed by atoms with Gasteiger partial charge in [0.2, 0.25) is 0 Å². The summed E-state index contributed by atoms with van der Waals surface area (Å²) in [6.45, 7) is 8.25. The van der Waals surface area contributed by atoms with Gasteiger partial charge in [0.25, 0.3) is 5.19 Å². The molecule has 2 heterocycles. The third kappa shape index (κ3) is 2.20. The average Bonchev–Trinajstić information content (AvgIpc) is 3.01. The number of ether oxygens (including phenoxy) is 1. The second-order valence-corrected chi connectivity index (χ2v) is 7.29. The molecule has 1 aromatic rings. The smallest absolute Gasteiger partial charge is 0.473 e. The predicted octanol–water partition coefficient (Wildman–Crippen LogP) is 2.33. The Labute approximate surface area is 118 Å². The van der Waals surface area contributed by atoms with Crippen LogP contribution in [0.25, 0.3) is 0 Å². The first-order valence-electron chi connectivity index (χ1n) is 6.74. The van der Waals surface area contributed by atoms with Crippen molar-refractivity contribution in [1.29, 1.82) is 0 Å². The molecule has 4 nitrogen and oxygen atoms in total. The molecule has 0 unspecified atom stereocenters. The zero-order chi connectivity index (χ0) is 13.8. The van der Waals surface area contributed by atoms with E-state index < -0.39 is 0 Å². The van der Waals surface area contributed by atoms with Crippen molar-refractivity contribution in [3.8, 4) is 5.19 Å². The molecule has 1 saturated heterocycles. The van der Waals surface area contributed by atoms with Crippen molar-refractivity contribution < 1.29 is 14.0 Å². The maximum atomic E-state index is 6.09. The third-order valence-corrected chi connectivity index (χ3v) is 5.46. The molecule has 0 N–H and O–H groups in total. The Hall–Kier alpha value is -0.585. The fourth-order valence-electron chi connectivity index (χ4n) is 2.17. The van der Waals surface area contributed by atoms with Crippen LogP contribution >= 0.6 is 11.3 Å². The Morgan fingerprint density at radius 1 is 1.21 bits per heavy atom. The first-order valence-corrected chi connectivity index (χ1v) is 7.56. The molecule has 2 fully saturated rings. The van der Waals surface area contributed by atoms with Crippen molar-refractivity contribution in [3.63, 3.8) is 0 Å². The number of aromatic nitrogens is 1. The fraction of sp³-hybridized carbons (Fsp3) is 0.769. The molecule has 6 heteroatoms. The predicted molar refractivity (Wildman–Crippen MR) is 76.4 cm³/mol. The van der Waals surface area contributed by atoms with Gasteiger partial charge in [-0.3, -0.25) is 0 Å². The highest BCUT2D eigenvalue weighted by molar-refractivity contribution is 7.14. The van der Waals surface area contributed by atoms with Crippen LogP contribution in [0.1, 0.15) is 51.3 Å². The zero-order valence-electron chi connectivity index (χ0n) is 12.1. The number of thiazole rings is 1. The van der Waals surface area contributed by atoms with Gasteiger partial charge in [-0.15, -0.1) is 0 Å². The first-order chi connectivity index (χ1) is 8.84. The van der Waals surface area contributed by atoms with E-state index in [0.29, 0.717) is 11.1 Å². The van der Waals surface area contributed by atoms with Gasteiger partial charge in [-0.1, -0.05) is 11.3 Å². The molecule has 0 atom stereocenters. The average molecular weight is 281 g/mol. The highest BCUT2D eigenvalue weighted by atomic mass is 32.1. The third-order valence-electron chi connectivity index (χ3n) is 4.26. The molecule has 104 valence electrons. The fourth-order valence-corrected chi connectivity index (χ4v) is 3.24. The number of hydrogen-bond donors (Lipinski definition) is 0. The number of rotatable bonds is 3. The van der Waals surface area contributed by atoms with Crippen LogP contribution in [0.4, 0.5) is 0 Å². The largest absolute Gasteiger partial charge is 0.515 e. The summed E-state index contributed by atoms with van der Waals surface area (Å²) >= 11 is 1.62. The summed E-state index contributed by atoms with van der Waals surface area (Å²) in [6.07, 6.45) is 2.47. The van der Waals surface area contributed by atoms with Crippen molar-refractivity contribution in [2.24, 2.45) is 0 Å². The topological polar surface area (TPSA) is 40.6 Å². The molecular formula is C13H20BNO3S. The van der Waals surface area contributed by atoms with Crippen LogP contribution in [0.5, 0.6) is 5.19 Å². The minimum Gasteiger partial charge on any atom is -0.473 e. The van der Waals surface area contributed by atoms with E-state index >= 15 is 0 Å². The molecule has 1 saturated carbocycles. The quantitative estimate of drug-likeness (QED) is 0.797. The van der Waals surface area contributed by atoms with Crippen molar-refractivity contribution in [3.05, 3.63) is 4.88 Å². The number of hydrogen-bond acceptors (Lipinski definition) is 5. The van der Waals surface area contributed by atoms with Gasteiger partial charge in [0.15, 0.2) is 0 Å². The zero-order valence-corrected chi connectivity index (χ0v) is 13.0.